The zero-order chi connectivity index (χ0) is 10.7. The van der Waals surface area contributed by atoms with Crippen molar-refractivity contribution in [1.29, 1.82) is 0 Å². The van der Waals surface area contributed by atoms with Gasteiger partial charge < -0.3 is 5.73 Å². The Balaban J connectivity index is 2.83. The second-order valence-corrected chi connectivity index (χ2v) is 3.79. The normalized spacial score (nSPS) is 12.7. The molecular formula is C9H15N3OS. The van der Waals surface area contributed by atoms with Gasteiger partial charge in [-0.15, -0.1) is 0 Å². The minimum Gasteiger partial charge on any atom is -0.393 e. The molecule has 5 heteroatoms. The van der Waals surface area contributed by atoms with Gasteiger partial charge in [-0.2, -0.15) is 0 Å². The van der Waals surface area contributed by atoms with Crippen molar-refractivity contribution in [2.75, 3.05) is 0 Å². The molecule has 1 aromatic rings. The third-order valence-electron chi connectivity index (χ3n) is 2.21. The summed E-state index contributed by atoms with van der Waals surface area (Å²) in [5.74, 6) is 0.0513. The van der Waals surface area contributed by atoms with Crippen molar-refractivity contribution in [3.63, 3.8) is 0 Å². The summed E-state index contributed by atoms with van der Waals surface area (Å²) >= 11 is 4.85. The summed E-state index contributed by atoms with van der Waals surface area (Å²) < 4.78 is 3.28. The summed E-state index contributed by atoms with van der Waals surface area (Å²) in [7, 11) is 0. The van der Waals surface area contributed by atoms with Gasteiger partial charge in [0.15, 0.2) is 0 Å². The van der Waals surface area contributed by atoms with E-state index in [-0.39, 0.29) is 11.6 Å². The number of imidazole rings is 1. The SMILES string of the molecule is CCn1ccn(CC(C)C(N)=S)c1=O. The largest absolute Gasteiger partial charge is 0.393 e. The number of thiocarbonyl (C=S) groups is 1. The van der Waals surface area contributed by atoms with Crippen molar-refractivity contribution in [3.8, 4) is 0 Å². The van der Waals surface area contributed by atoms with Gasteiger partial charge in [-0.05, 0) is 6.92 Å². The third-order valence-corrected chi connectivity index (χ3v) is 2.62. The van der Waals surface area contributed by atoms with Crippen LogP contribution in [-0.2, 0) is 13.1 Å². The van der Waals surface area contributed by atoms with Gasteiger partial charge in [0.1, 0.15) is 0 Å². The number of nitrogens with two attached hydrogens (primary N) is 1. The molecule has 1 aromatic heterocycles. The first kappa shape index (κ1) is 11.0. The minimum absolute atomic E-state index is 0.00407. The highest BCUT2D eigenvalue weighted by Gasteiger charge is 2.08. The van der Waals surface area contributed by atoms with E-state index in [0.717, 1.165) is 0 Å². The van der Waals surface area contributed by atoms with E-state index < -0.39 is 0 Å². The minimum atomic E-state index is -0.00407. The second-order valence-electron chi connectivity index (χ2n) is 3.32. The monoisotopic (exact) mass is 213 g/mol. The van der Waals surface area contributed by atoms with Crippen molar-refractivity contribution in [1.82, 2.24) is 9.13 Å². The molecule has 0 aromatic carbocycles. The Morgan fingerprint density at radius 2 is 2.14 bits per heavy atom. The number of rotatable bonds is 4. The fourth-order valence-corrected chi connectivity index (χ4v) is 1.29. The van der Waals surface area contributed by atoms with Gasteiger partial charge in [0.05, 0.1) is 4.99 Å². The zero-order valence-corrected chi connectivity index (χ0v) is 9.25. The van der Waals surface area contributed by atoms with Crippen molar-refractivity contribution < 1.29 is 0 Å². The van der Waals surface area contributed by atoms with Gasteiger partial charge in [-0.1, -0.05) is 19.1 Å². The van der Waals surface area contributed by atoms with Gasteiger partial charge in [-0.3, -0.25) is 9.13 Å². The summed E-state index contributed by atoms with van der Waals surface area (Å²) in [6, 6.07) is 0. The van der Waals surface area contributed by atoms with Crippen molar-refractivity contribution in [2.24, 2.45) is 11.7 Å². The van der Waals surface area contributed by atoms with Gasteiger partial charge in [0.2, 0.25) is 0 Å². The Morgan fingerprint density at radius 1 is 1.57 bits per heavy atom. The summed E-state index contributed by atoms with van der Waals surface area (Å²) in [6.07, 6.45) is 3.54. The molecular weight excluding hydrogens is 198 g/mol. The number of aromatic nitrogens is 2. The first-order valence-corrected chi connectivity index (χ1v) is 5.02. The first-order valence-electron chi connectivity index (χ1n) is 4.61. The van der Waals surface area contributed by atoms with E-state index in [1.165, 1.54) is 0 Å². The predicted octanol–water partition coefficient (Wildman–Crippen LogP) is 0.592. The molecule has 0 aliphatic carbocycles. The van der Waals surface area contributed by atoms with Crippen LogP contribution in [0.3, 0.4) is 0 Å². The lowest BCUT2D eigenvalue weighted by atomic mass is 10.2. The summed E-state index contributed by atoms with van der Waals surface area (Å²) in [4.78, 5) is 12.0. The molecule has 1 atom stereocenters. The van der Waals surface area contributed by atoms with E-state index in [4.69, 9.17) is 18.0 Å². The van der Waals surface area contributed by atoms with Gasteiger partial charge in [-0.25, -0.2) is 4.79 Å². The van der Waals surface area contributed by atoms with E-state index in [1.54, 1.807) is 21.5 Å². The Bertz CT molecular complexity index is 380. The molecule has 0 amide bonds. The van der Waals surface area contributed by atoms with E-state index in [0.29, 0.717) is 18.1 Å². The van der Waals surface area contributed by atoms with E-state index >= 15 is 0 Å². The van der Waals surface area contributed by atoms with E-state index in [1.807, 2.05) is 13.8 Å². The molecule has 1 unspecified atom stereocenters. The van der Waals surface area contributed by atoms with Crippen LogP contribution in [0.2, 0.25) is 0 Å². The third kappa shape index (κ3) is 2.23. The van der Waals surface area contributed by atoms with Crippen molar-refractivity contribution in [2.45, 2.75) is 26.9 Å². The van der Waals surface area contributed by atoms with Crippen LogP contribution in [0.1, 0.15) is 13.8 Å². The molecule has 4 nitrogen and oxygen atoms in total. The maximum atomic E-state index is 11.6. The zero-order valence-electron chi connectivity index (χ0n) is 8.43. The van der Waals surface area contributed by atoms with Crippen LogP contribution in [0, 0.1) is 5.92 Å². The first-order chi connectivity index (χ1) is 6.56. The molecule has 0 spiro atoms. The van der Waals surface area contributed by atoms with E-state index in [2.05, 4.69) is 0 Å². The fourth-order valence-electron chi connectivity index (χ4n) is 1.22. The van der Waals surface area contributed by atoms with Crippen LogP contribution in [-0.4, -0.2) is 14.1 Å². The number of nitrogens with zero attached hydrogens (tertiary/aromatic N) is 2. The average molecular weight is 213 g/mol. The lowest BCUT2D eigenvalue weighted by Gasteiger charge is -2.08. The lowest BCUT2D eigenvalue weighted by molar-refractivity contribution is 0.563. The molecule has 1 heterocycles. The highest BCUT2D eigenvalue weighted by Crippen LogP contribution is 1.98. The second kappa shape index (κ2) is 4.41. The Kier molecular flexibility index (Phi) is 3.46. The number of aryl methyl sites for hydroxylation is 1. The standard InChI is InChI=1S/C9H15N3OS/c1-3-11-4-5-12(9(11)13)6-7(2)8(10)14/h4-5,7H,3,6H2,1-2H3,(H2,10,14). The molecule has 0 radical (unpaired) electrons. The average Bonchev–Trinajstić information content (AvgIpc) is 2.47. The van der Waals surface area contributed by atoms with Crippen LogP contribution in [0.5, 0.6) is 0 Å². The molecule has 1 rings (SSSR count). The molecule has 0 aliphatic heterocycles. The molecule has 0 fully saturated rings. The van der Waals surface area contributed by atoms with Crippen molar-refractivity contribution >= 4 is 17.2 Å². The Hall–Kier alpha value is -1.10. The smallest absolute Gasteiger partial charge is 0.328 e. The van der Waals surface area contributed by atoms with Crippen LogP contribution in [0.25, 0.3) is 0 Å². The molecule has 14 heavy (non-hydrogen) atoms. The summed E-state index contributed by atoms with van der Waals surface area (Å²) in [5, 5.41) is 0. The van der Waals surface area contributed by atoms with Crippen LogP contribution < -0.4 is 11.4 Å². The molecule has 0 aliphatic rings. The summed E-state index contributed by atoms with van der Waals surface area (Å²) in [5.41, 5.74) is 5.48. The van der Waals surface area contributed by atoms with Crippen molar-refractivity contribution in [3.05, 3.63) is 22.9 Å². The van der Waals surface area contributed by atoms with E-state index in [9.17, 15) is 4.79 Å². The topological polar surface area (TPSA) is 52.9 Å². The van der Waals surface area contributed by atoms with Crippen LogP contribution in [0.15, 0.2) is 17.2 Å². The van der Waals surface area contributed by atoms with Gasteiger partial charge >= 0.3 is 5.69 Å². The highest BCUT2D eigenvalue weighted by molar-refractivity contribution is 7.80. The molecule has 0 bridgehead atoms. The quantitative estimate of drug-likeness (QED) is 0.745. The Morgan fingerprint density at radius 3 is 2.57 bits per heavy atom. The van der Waals surface area contributed by atoms with Gasteiger partial charge in [0.25, 0.3) is 0 Å². The molecule has 2 N–H and O–H groups in total. The maximum Gasteiger partial charge on any atom is 0.328 e. The van der Waals surface area contributed by atoms with Crippen LogP contribution in [0.4, 0.5) is 0 Å². The van der Waals surface area contributed by atoms with Crippen LogP contribution >= 0.6 is 12.2 Å². The molecule has 78 valence electrons. The highest BCUT2D eigenvalue weighted by atomic mass is 32.1. The molecule has 0 saturated carbocycles. The fraction of sp³-hybridized carbons (Fsp3) is 0.556. The predicted molar refractivity (Wildman–Crippen MR) is 60.3 cm³/mol. The lowest BCUT2D eigenvalue weighted by Crippen LogP contribution is -2.29. The maximum absolute atomic E-state index is 11.6. The Labute approximate surface area is 88.3 Å². The number of hydrogen-bond donors (Lipinski definition) is 1. The summed E-state index contributed by atoms with van der Waals surface area (Å²) in [6.45, 7) is 5.09. The van der Waals surface area contributed by atoms with Gasteiger partial charge in [0, 0.05) is 31.4 Å². The number of hydrogen-bond acceptors (Lipinski definition) is 2. The molecule has 0 saturated heterocycles.